The van der Waals surface area contributed by atoms with Gasteiger partial charge < -0.3 is 15.1 Å². The summed E-state index contributed by atoms with van der Waals surface area (Å²) in [6.45, 7) is 7.91. The molecule has 1 N–H and O–H groups in total. The molecule has 6 nitrogen and oxygen atoms in total. The second kappa shape index (κ2) is 8.57. The lowest BCUT2D eigenvalue weighted by molar-refractivity contribution is -0.120. The van der Waals surface area contributed by atoms with Gasteiger partial charge in [-0.1, -0.05) is 31.5 Å². The van der Waals surface area contributed by atoms with E-state index >= 15 is 0 Å². The zero-order valence-electron chi connectivity index (χ0n) is 19.0. The van der Waals surface area contributed by atoms with Crippen molar-refractivity contribution in [2.45, 2.75) is 44.9 Å². The van der Waals surface area contributed by atoms with Crippen molar-refractivity contribution in [2.75, 3.05) is 37.6 Å². The first-order valence-electron chi connectivity index (χ1n) is 11.9. The number of piperazine rings is 1. The maximum atomic E-state index is 13.0. The molecule has 2 aromatic rings. The van der Waals surface area contributed by atoms with Gasteiger partial charge in [-0.15, -0.1) is 0 Å². The van der Waals surface area contributed by atoms with Gasteiger partial charge in [-0.25, -0.2) is 4.98 Å². The SMILES string of the molecule is Cc1cc(C2CCC2)cnc1N1CCN(C(=O)c2ccc([C@@H]3C(=O)NCC3C)cc2)CC1. The summed E-state index contributed by atoms with van der Waals surface area (Å²) in [5.41, 5.74) is 4.28. The van der Waals surface area contributed by atoms with Crippen LogP contribution < -0.4 is 10.2 Å². The van der Waals surface area contributed by atoms with Gasteiger partial charge in [-0.3, -0.25) is 9.59 Å². The van der Waals surface area contributed by atoms with E-state index in [2.05, 4.69) is 36.3 Å². The van der Waals surface area contributed by atoms with Crippen molar-refractivity contribution in [1.29, 1.82) is 0 Å². The third kappa shape index (κ3) is 3.87. The second-order valence-corrected chi connectivity index (χ2v) is 9.64. The molecule has 0 radical (unpaired) electrons. The Morgan fingerprint density at radius 1 is 1.06 bits per heavy atom. The van der Waals surface area contributed by atoms with Crippen molar-refractivity contribution < 1.29 is 9.59 Å². The van der Waals surface area contributed by atoms with Crippen molar-refractivity contribution >= 4 is 17.6 Å². The molecule has 32 heavy (non-hydrogen) atoms. The Kier molecular flexibility index (Phi) is 5.62. The van der Waals surface area contributed by atoms with Crippen LogP contribution in [0.4, 0.5) is 5.82 Å². The quantitative estimate of drug-likeness (QED) is 0.804. The number of amides is 2. The molecule has 1 unspecified atom stereocenters. The average Bonchev–Trinajstić information content (AvgIpc) is 3.10. The average molecular weight is 433 g/mol. The molecule has 2 aliphatic heterocycles. The summed E-state index contributed by atoms with van der Waals surface area (Å²) in [5.74, 6) is 2.05. The van der Waals surface area contributed by atoms with E-state index in [4.69, 9.17) is 4.98 Å². The summed E-state index contributed by atoms with van der Waals surface area (Å²) in [6.07, 6.45) is 5.96. The van der Waals surface area contributed by atoms with E-state index in [-0.39, 0.29) is 23.7 Å². The highest BCUT2D eigenvalue weighted by atomic mass is 16.2. The molecule has 1 aromatic carbocycles. The number of rotatable bonds is 4. The standard InChI is InChI=1S/C26H32N4O2/c1-17-14-22(19-4-3-5-19)16-27-24(17)29-10-12-30(13-11-29)26(32)21-8-6-20(7-9-21)23-18(2)15-28-25(23)31/h6-9,14,16,18-19,23H,3-5,10-13,15H2,1-2H3,(H,28,31)/t18?,23-/m1/s1. The number of benzene rings is 1. The van der Waals surface area contributed by atoms with Crippen LogP contribution in [0.2, 0.25) is 0 Å². The monoisotopic (exact) mass is 432 g/mol. The van der Waals surface area contributed by atoms with Crippen LogP contribution in [0.5, 0.6) is 0 Å². The minimum absolute atomic E-state index is 0.0603. The predicted octanol–water partition coefficient (Wildman–Crippen LogP) is 3.47. The van der Waals surface area contributed by atoms with Crippen molar-refractivity contribution in [3.63, 3.8) is 0 Å². The van der Waals surface area contributed by atoms with Crippen molar-refractivity contribution in [3.05, 3.63) is 58.8 Å². The molecule has 1 aromatic heterocycles. The minimum Gasteiger partial charge on any atom is -0.355 e. The molecule has 3 aliphatic rings. The summed E-state index contributed by atoms with van der Waals surface area (Å²) < 4.78 is 0. The van der Waals surface area contributed by atoms with Crippen LogP contribution in [0.15, 0.2) is 36.5 Å². The van der Waals surface area contributed by atoms with Crippen LogP contribution in [0.1, 0.15) is 65.1 Å². The number of nitrogens with zero attached hydrogens (tertiary/aromatic N) is 3. The highest BCUT2D eigenvalue weighted by Crippen LogP contribution is 2.37. The number of nitrogens with one attached hydrogen (secondary N) is 1. The fraction of sp³-hybridized carbons (Fsp3) is 0.500. The maximum absolute atomic E-state index is 13.0. The molecular formula is C26H32N4O2. The van der Waals surface area contributed by atoms with E-state index < -0.39 is 0 Å². The van der Waals surface area contributed by atoms with Crippen molar-refractivity contribution in [2.24, 2.45) is 5.92 Å². The molecule has 5 rings (SSSR count). The number of aryl methyl sites for hydroxylation is 1. The normalized spacial score (nSPS) is 23.8. The van der Waals surface area contributed by atoms with E-state index in [0.29, 0.717) is 31.1 Å². The van der Waals surface area contributed by atoms with E-state index in [9.17, 15) is 9.59 Å². The molecule has 2 saturated heterocycles. The summed E-state index contributed by atoms with van der Waals surface area (Å²) in [4.78, 5) is 34.1. The number of anilines is 1. The van der Waals surface area contributed by atoms with Crippen molar-refractivity contribution in [1.82, 2.24) is 15.2 Å². The third-order valence-corrected chi connectivity index (χ3v) is 7.48. The van der Waals surface area contributed by atoms with Crippen LogP contribution >= 0.6 is 0 Å². The Morgan fingerprint density at radius 2 is 1.78 bits per heavy atom. The molecule has 1 saturated carbocycles. The van der Waals surface area contributed by atoms with Crippen LogP contribution in [0, 0.1) is 12.8 Å². The van der Waals surface area contributed by atoms with E-state index in [0.717, 1.165) is 24.5 Å². The number of pyridine rings is 1. The summed E-state index contributed by atoms with van der Waals surface area (Å²) >= 11 is 0. The third-order valence-electron chi connectivity index (χ3n) is 7.48. The highest BCUT2D eigenvalue weighted by molar-refractivity contribution is 5.94. The zero-order valence-corrected chi connectivity index (χ0v) is 19.0. The smallest absolute Gasteiger partial charge is 0.253 e. The number of hydrogen-bond donors (Lipinski definition) is 1. The Morgan fingerprint density at radius 3 is 2.34 bits per heavy atom. The van der Waals surface area contributed by atoms with Crippen LogP contribution in [0.3, 0.4) is 0 Å². The van der Waals surface area contributed by atoms with E-state index in [1.165, 1.54) is 30.4 Å². The zero-order chi connectivity index (χ0) is 22.2. The lowest BCUT2D eigenvalue weighted by Crippen LogP contribution is -2.49. The topological polar surface area (TPSA) is 65.5 Å². The molecular weight excluding hydrogens is 400 g/mol. The molecule has 1 aliphatic carbocycles. The molecule has 6 heteroatoms. The van der Waals surface area contributed by atoms with E-state index in [1.54, 1.807) is 0 Å². The van der Waals surface area contributed by atoms with Crippen LogP contribution in [0.25, 0.3) is 0 Å². The molecule has 3 fully saturated rings. The first-order chi connectivity index (χ1) is 15.5. The van der Waals surface area contributed by atoms with Gasteiger partial charge in [0, 0.05) is 44.5 Å². The Balaban J connectivity index is 1.21. The molecule has 168 valence electrons. The maximum Gasteiger partial charge on any atom is 0.253 e. The van der Waals surface area contributed by atoms with Gasteiger partial charge in [-0.05, 0) is 60.4 Å². The van der Waals surface area contributed by atoms with Gasteiger partial charge in [0.25, 0.3) is 5.91 Å². The molecule has 2 atom stereocenters. The number of aromatic nitrogens is 1. The highest BCUT2D eigenvalue weighted by Gasteiger charge is 2.33. The van der Waals surface area contributed by atoms with Crippen LogP contribution in [-0.4, -0.2) is 54.4 Å². The lowest BCUT2D eigenvalue weighted by Gasteiger charge is -2.36. The molecule has 3 heterocycles. The Labute approximate surface area is 190 Å². The van der Waals surface area contributed by atoms with Gasteiger partial charge in [0.2, 0.25) is 5.91 Å². The summed E-state index contributed by atoms with van der Waals surface area (Å²) in [5, 5.41) is 2.92. The summed E-state index contributed by atoms with van der Waals surface area (Å²) in [7, 11) is 0. The fourth-order valence-corrected chi connectivity index (χ4v) is 5.25. The van der Waals surface area contributed by atoms with Gasteiger partial charge in [-0.2, -0.15) is 0 Å². The Hall–Kier alpha value is -2.89. The van der Waals surface area contributed by atoms with Gasteiger partial charge in [0.1, 0.15) is 5.82 Å². The predicted molar refractivity (Wildman–Crippen MR) is 125 cm³/mol. The number of hydrogen-bond acceptors (Lipinski definition) is 4. The molecule has 0 bridgehead atoms. The number of carbonyl (C=O) groups is 2. The Bertz CT molecular complexity index is 1010. The molecule has 0 spiro atoms. The van der Waals surface area contributed by atoms with E-state index in [1.807, 2.05) is 29.2 Å². The van der Waals surface area contributed by atoms with Crippen LogP contribution in [-0.2, 0) is 4.79 Å². The lowest BCUT2D eigenvalue weighted by atomic mass is 9.80. The molecule has 2 amide bonds. The number of carbonyl (C=O) groups excluding carboxylic acids is 2. The second-order valence-electron chi connectivity index (χ2n) is 9.64. The fourth-order valence-electron chi connectivity index (χ4n) is 5.25. The first-order valence-corrected chi connectivity index (χ1v) is 11.9. The minimum atomic E-state index is -0.117. The van der Waals surface area contributed by atoms with Crippen molar-refractivity contribution in [3.8, 4) is 0 Å². The van der Waals surface area contributed by atoms with Gasteiger partial charge in [0.15, 0.2) is 0 Å². The largest absolute Gasteiger partial charge is 0.355 e. The van der Waals surface area contributed by atoms with Gasteiger partial charge >= 0.3 is 0 Å². The summed E-state index contributed by atoms with van der Waals surface area (Å²) in [6, 6.07) is 9.91. The first kappa shape index (κ1) is 21.0. The van der Waals surface area contributed by atoms with Gasteiger partial charge in [0.05, 0.1) is 5.92 Å².